The van der Waals surface area contributed by atoms with Crippen molar-refractivity contribution in [3.8, 4) is 5.75 Å². The van der Waals surface area contributed by atoms with Crippen molar-refractivity contribution in [2.24, 2.45) is 0 Å². The second-order valence-electron chi connectivity index (χ2n) is 8.03. The summed E-state index contributed by atoms with van der Waals surface area (Å²) >= 11 is 6.05. The molecule has 0 aromatic heterocycles. The van der Waals surface area contributed by atoms with E-state index in [1.807, 2.05) is 4.90 Å². The third-order valence-electron chi connectivity index (χ3n) is 5.68. The molecule has 8 nitrogen and oxygen atoms in total. The van der Waals surface area contributed by atoms with E-state index in [1.165, 1.54) is 43.5 Å². The number of methoxy groups -OCH3 is 1. The van der Waals surface area contributed by atoms with E-state index >= 15 is 0 Å². The molecule has 36 heavy (non-hydrogen) atoms. The van der Waals surface area contributed by atoms with Gasteiger partial charge < -0.3 is 19.7 Å². The number of carbonyl (C=O) groups is 1. The average Bonchev–Trinajstić information content (AvgIpc) is 2.88. The van der Waals surface area contributed by atoms with E-state index in [1.54, 1.807) is 24.3 Å². The molecule has 190 valence electrons. The minimum atomic E-state index is -3.96. The molecule has 0 saturated carbocycles. The van der Waals surface area contributed by atoms with E-state index in [0.29, 0.717) is 43.3 Å². The summed E-state index contributed by atoms with van der Waals surface area (Å²) in [4.78, 5) is 14.9. The van der Waals surface area contributed by atoms with Crippen molar-refractivity contribution in [2.75, 3.05) is 43.0 Å². The van der Waals surface area contributed by atoms with E-state index in [-0.39, 0.29) is 27.7 Å². The van der Waals surface area contributed by atoms with Crippen LogP contribution in [0, 0.1) is 5.82 Å². The van der Waals surface area contributed by atoms with Crippen molar-refractivity contribution in [2.45, 2.75) is 11.4 Å². The maximum Gasteiger partial charge on any atom is 0.261 e. The normalized spacial score (nSPS) is 13.8. The number of benzene rings is 3. The Morgan fingerprint density at radius 2 is 1.81 bits per heavy atom. The molecule has 4 rings (SSSR count). The summed E-state index contributed by atoms with van der Waals surface area (Å²) in [5, 5.41) is 2.94. The zero-order valence-corrected chi connectivity index (χ0v) is 21.0. The second-order valence-corrected chi connectivity index (χ2v) is 10.1. The molecule has 11 heteroatoms. The third kappa shape index (κ3) is 6.07. The number of ether oxygens (including phenoxy) is 2. The van der Waals surface area contributed by atoms with E-state index in [9.17, 15) is 17.6 Å². The van der Waals surface area contributed by atoms with Gasteiger partial charge >= 0.3 is 0 Å². The Bertz CT molecular complexity index is 1350. The molecule has 0 radical (unpaired) electrons. The van der Waals surface area contributed by atoms with Gasteiger partial charge in [0.05, 0.1) is 36.6 Å². The van der Waals surface area contributed by atoms with Crippen molar-refractivity contribution < 1.29 is 27.1 Å². The van der Waals surface area contributed by atoms with Crippen molar-refractivity contribution in [1.82, 2.24) is 5.32 Å². The van der Waals surface area contributed by atoms with Crippen molar-refractivity contribution in [3.05, 3.63) is 82.6 Å². The minimum Gasteiger partial charge on any atom is -0.497 e. The van der Waals surface area contributed by atoms with Gasteiger partial charge in [0.25, 0.3) is 15.9 Å². The van der Waals surface area contributed by atoms with Crippen LogP contribution in [0.25, 0.3) is 0 Å². The summed E-state index contributed by atoms with van der Waals surface area (Å²) in [6.07, 6.45) is 0. The molecule has 0 aliphatic carbocycles. The quantitative estimate of drug-likeness (QED) is 0.453. The predicted molar refractivity (Wildman–Crippen MR) is 136 cm³/mol. The highest BCUT2D eigenvalue weighted by atomic mass is 35.5. The van der Waals surface area contributed by atoms with Gasteiger partial charge in [-0.3, -0.25) is 9.52 Å². The standard InChI is InChI=1S/C25H25ClFN3O5S/c1-34-20-5-7-21(8-6-20)36(32,33)29-23-14-17(3-9-24(23)30-10-12-35-13-11-30)25(31)28-16-18-2-4-19(27)15-22(18)26/h2-9,14-15,29H,10-13,16H2,1H3,(H,28,31). The highest BCUT2D eigenvalue weighted by molar-refractivity contribution is 7.92. The van der Waals surface area contributed by atoms with E-state index in [2.05, 4.69) is 10.0 Å². The number of nitrogens with one attached hydrogen (secondary N) is 2. The van der Waals surface area contributed by atoms with E-state index in [0.717, 1.165) is 0 Å². The third-order valence-corrected chi connectivity index (χ3v) is 7.41. The lowest BCUT2D eigenvalue weighted by atomic mass is 10.1. The molecule has 0 spiro atoms. The maximum absolute atomic E-state index is 13.3. The summed E-state index contributed by atoms with van der Waals surface area (Å²) in [6.45, 7) is 2.24. The van der Waals surface area contributed by atoms with Crippen LogP contribution in [-0.2, 0) is 21.3 Å². The fraction of sp³-hybridized carbons (Fsp3) is 0.240. The van der Waals surface area contributed by atoms with Crippen LogP contribution in [0.3, 0.4) is 0 Å². The monoisotopic (exact) mass is 533 g/mol. The summed E-state index contributed by atoms with van der Waals surface area (Å²) in [6, 6.07) is 14.7. The number of carbonyl (C=O) groups excluding carboxylic acids is 1. The number of hydrogen-bond acceptors (Lipinski definition) is 6. The number of rotatable bonds is 8. The van der Waals surface area contributed by atoms with Crippen LogP contribution in [0.2, 0.25) is 5.02 Å². The molecule has 1 heterocycles. The molecule has 1 fully saturated rings. The SMILES string of the molecule is COc1ccc(S(=O)(=O)Nc2cc(C(=O)NCc3ccc(F)cc3Cl)ccc2N2CCOCC2)cc1. The summed E-state index contributed by atoms with van der Waals surface area (Å²) in [5.41, 5.74) is 1.70. The van der Waals surface area contributed by atoms with Crippen LogP contribution in [0.5, 0.6) is 5.75 Å². The van der Waals surface area contributed by atoms with Gasteiger partial charge in [0.2, 0.25) is 0 Å². The number of nitrogens with zero attached hydrogens (tertiary/aromatic N) is 1. The molecule has 0 unspecified atom stereocenters. The zero-order valence-electron chi connectivity index (χ0n) is 19.5. The average molecular weight is 534 g/mol. The largest absolute Gasteiger partial charge is 0.497 e. The van der Waals surface area contributed by atoms with Gasteiger partial charge in [0.15, 0.2) is 0 Å². The van der Waals surface area contributed by atoms with Gasteiger partial charge in [-0.05, 0) is 60.2 Å². The highest BCUT2D eigenvalue weighted by Gasteiger charge is 2.22. The zero-order chi connectivity index (χ0) is 25.7. The Morgan fingerprint density at radius 3 is 2.47 bits per heavy atom. The summed E-state index contributed by atoms with van der Waals surface area (Å²) in [5.74, 6) is -0.376. The highest BCUT2D eigenvalue weighted by Crippen LogP contribution is 2.31. The van der Waals surface area contributed by atoms with Gasteiger partial charge in [-0.25, -0.2) is 12.8 Å². The first-order valence-electron chi connectivity index (χ1n) is 11.1. The van der Waals surface area contributed by atoms with Gasteiger partial charge in [0.1, 0.15) is 11.6 Å². The van der Waals surface area contributed by atoms with Gasteiger partial charge in [-0.15, -0.1) is 0 Å². The molecular formula is C25H25ClFN3O5S. The van der Waals surface area contributed by atoms with Crippen LogP contribution in [0.1, 0.15) is 15.9 Å². The number of morpholine rings is 1. The molecule has 1 aliphatic heterocycles. The number of amides is 1. The maximum atomic E-state index is 13.3. The molecule has 0 atom stereocenters. The molecule has 3 aromatic rings. The lowest BCUT2D eigenvalue weighted by Crippen LogP contribution is -2.37. The van der Waals surface area contributed by atoms with Crippen LogP contribution in [0.15, 0.2) is 65.6 Å². The Labute approximate surface area is 214 Å². The van der Waals surface area contributed by atoms with Crippen molar-refractivity contribution in [3.63, 3.8) is 0 Å². The molecule has 1 amide bonds. The molecule has 3 aromatic carbocycles. The van der Waals surface area contributed by atoms with Gasteiger partial charge in [0, 0.05) is 30.2 Å². The first-order chi connectivity index (χ1) is 17.3. The van der Waals surface area contributed by atoms with Crippen molar-refractivity contribution >= 4 is 38.9 Å². The fourth-order valence-corrected chi connectivity index (χ4v) is 5.04. The smallest absolute Gasteiger partial charge is 0.261 e. The Kier molecular flexibility index (Phi) is 7.97. The molecule has 1 aliphatic rings. The molecule has 2 N–H and O–H groups in total. The van der Waals surface area contributed by atoms with Crippen LogP contribution >= 0.6 is 11.6 Å². The number of anilines is 2. The van der Waals surface area contributed by atoms with Crippen LogP contribution in [0.4, 0.5) is 15.8 Å². The van der Waals surface area contributed by atoms with E-state index in [4.69, 9.17) is 21.1 Å². The van der Waals surface area contributed by atoms with Crippen molar-refractivity contribution in [1.29, 1.82) is 0 Å². The first-order valence-corrected chi connectivity index (χ1v) is 13.0. The molecular weight excluding hydrogens is 509 g/mol. The lowest BCUT2D eigenvalue weighted by Gasteiger charge is -2.31. The molecule has 1 saturated heterocycles. The topological polar surface area (TPSA) is 97.0 Å². The number of sulfonamides is 1. The lowest BCUT2D eigenvalue weighted by molar-refractivity contribution is 0.0951. The Balaban J connectivity index is 1.60. The van der Waals surface area contributed by atoms with Gasteiger partial charge in [-0.2, -0.15) is 0 Å². The molecule has 0 bridgehead atoms. The predicted octanol–water partition coefficient (Wildman–Crippen LogP) is 4.06. The Hall–Kier alpha value is -3.34. The second kappa shape index (κ2) is 11.2. The van der Waals surface area contributed by atoms with Gasteiger partial charge in [-0.1, -0.05) is 17.7 Å². The fourth-order valence-electron chi connectivity index (χ4n) is 3.74. The summed E-state index contributed by atoms with van der Waals surface area (Å²) in [7, 11) is -2.46. The number of halogens is 2. The number of hydrogen-bond donors (Lipinski definition) is 2. The Morgan fingerprint density at radius 1 is 1.08 bits per heavy atom. The van der Waals surface area contributed by atoms with Crippen LogP contribution < -0.4 is 19.7 Å². The minimum absolute atomic E-state index is 0.0528. The summed E-state index contributed by atoms with van der Waals surface area (Å²) < 4.78 is 52.7. The van der Waals surface area contributed by atoms with E-state index < -0.39 is 21.7 Å². The van der Waals surface area contributed by atoms with Crippen LogP contribution in [-0.4, -0.2) is 47.7 Å². The first kappa shape index (κ1) is 25.7.